The minimum absolute atomic E-state index is 0.0467. The van der Waals surface area contributed by atoms with Gasteiger partial charge >= 0.3 is 5.97 Å². The van der Waals surface area contributed by atoms with E-state index in [2.05, 4.69) is 19.7 Å². The molecule has 1 spiro atoms. The number of ether oxygens (including phenoxy) is 3. The molecule has 4 unspecified atom stereocenters. The van der Waals surface area contributed by atoms with Crippen molar-refractivity contribution in [2.45, 2.75) is 63.4 Å². The number of aromatic hydroxyl groups is 1. The molecule has 1 heterocycles. The first kappa shape index (κ1) is 26.7. The number of hydrogen-bond donors (Lipinski definition) is 2. The van der Waals surface area contributed by atoms with Crippen molar-refractivity contribution in [2.24, 2.45) is 5.92 Å². The van der Waals surface area contributed by atoms with E-state index in [1.165, 1.54) is 0 Å². The summed E-state index contributed by atoms with van der Waals surface area (Å²) >= 11 is 0. The summed E-state index contributed by atoms with van der Waals surface area (Å²) in [5.74, 6) is 0.466. The van der Waals surface area contributed by atoms with Crippen LogP contribution in [0.1, 0.15) is 56.6 Å². The van der Waals surface area contributed by atoms with Gasteiger partial charge in [0.2, 0.25) is 0 Å². The standard InChI is InChI=1S/C31H36O6/c1-5-22-9-11-28(33)25(16-22)26-17-23(6-2)10-12-29(26)36-21(4)35-15-7-8-24-19-31(14-13-27(24)32)18-20(3)30(34)37-31/h5-6,9-12,16-17,21,24,27,32-33H,1-3,7-8,13-15,18-19H2,4H3. The van der Waals surface area contributed by atoms with Crippen molar-refractivity contribution in [1.82, 2.24) is 0 Å². The molecule has 2 fully saturated rings. The Kier molecular flexibility index (Phi) is 8.20. The smallest absolute Gasteiger partial charge is 0.334 e. The van der Waals surface area contributed by atoms with Crippen LogP contribution in [0, 0.1) is 5.92 Å². The summed E-state index contributed by atoms with van der Waals surface area (Å²) in [5, 5.41) is 21.1. The van der Waals surface area contributed by atoms with Gasteiger partial charge in [-0.2, -0.15) is 0 Å². The average Bonchev–Trinajstić information content (AvgIpc) is 3.16. The predicted octanol–water partition coefficient (Wildman–Crippen LogP) is 6.27. The fourth-order valence-corrected chi connectivity index (χ4v) is 5.37. The van der Waals surface area contributed by atoms with E-state index in [4.69, 9.17) is 14.2 Å². The van der Waals surface area contributed by atoms with E-state index in [-0.39, 0.29) is 17.6 Å². The molecule has 2 aromatic carbocycles. The quantitative estimate of drug-likeness (QED) is 0.172. The SMILES string of the molecule is C=Cc1ccc(O)c(-c2cc(C=C)ccc2OC(C)OCCCC2CC3(CCC2O)CC(=C)C(=O)O3)c1. The second-order valence-electron chi connectivity index (χ2n) is 10.1. The Bertz CT molecular complexity index is 1170. The van der Waals surface area contributed by atoms with Crippen molar-refractivity contribution < 1.29 is 29.2 Å². The highest BCUT2D eigenvalue weighted by molar-refractivity contribution is 5.90. The van der Waals surface area contributed by atoms with Gasteiger partial charge in [-0.3, -0.25) is 0 Å². The third-order valence-electron chi connectivity index (χ3n) is 7.36. The van der Waals surface area contributed by atoms with E-state index in [0.29, 0.717) is 49.2 Å². The lowest BCUT2D eigenvalue weighted by Gasteiger charge is -2.39. The number of phenols is 1. The van der Waals surface area contributed by atoms with Gasteiger partial charge in [0.25, 0.3) is 0 Å². The second-order valence-corrected chi connectivity index (χ2v) is 10.1. The van der Waals surface area contributed by atoms with E-state index >= 15 is 0 Å². The minimum atomic E-state index is -0.528. The summed E-state index contributed by atoms with van der Waals surface area (Å²) in [6.45, 7) is 13.8. The van der Waals surface area contributed by atoms with Crippen LogP contribution in [-0.4, -0.2) is 40.8 Å². The lowest BCUT2D eigenvalue weighted by Crippen LogP contribution is -2.41. The van der Waals surface area contributed by atoms with Gasteiger partial charge in [-0.15, -0.1) is 0 Å². The van der Waals surface area contributed by atoms with Gasteiger partial charge in [0.1, 0.15) is 17.1 Å². The fourth-order valence-electron chi connectivity index (χ4n) is 5.37. The summed E-state index contributed by atoms with van der Waals surface area (Å²) in [4.78, 5) is 11.9. The normalized spacial score (nSPS) is 24.1. The Balaban J connectivity index is 1.35. The molecule has 2 aromatic rings. The Labute approximate surface area is 218 Å². The average molecular weight is 505 g/mol. The number of carbonyl (C=O) groups excluding carboxylic acids is 1. The maximum Gasteiger partial charge on any atom is 0.334 e. The third-order valence-corrected chi connectivity index (χ3v) is 7.36. The van der Waals surface area contributed by atoms with Crippen LogP contribution in [0.4, 0.5) is 0 Å². The molecule has 196 valence electrons. The molecule has 2 aliphatic rings. The first-order valence-corrected chi connectivity index (χ1v) is 12.8. The summed E-state index contributed by atoms with van der Waals surface area (Å²) in [5.41, 5.74) is 3.18. The minimum Gasteiger partial charge on any atom is -0.507 e. The maximum atomic E-state index is 11.9. The van der Waals surface area contributed by atoms with Crippen molar-refractivity contribution in [3.8, 4) is 22.6 Å². The Morgan fingerprint density at radius 2 is 1.86 bits per heavy atom. The van der Waals surface area contributed by atoms with Gasteiger partial charge in [0.15, 0.2) is 6.29 Å². The highest BCUT2D eigenvalue weighted by Crippen LogP contribution is 2.45. The molecule has 4 atom stereocenters. The molecule has 4 rings (SSSR count). The van der Waals surface area contributed by atoms with Crippen LogP contribution in [0.3, 0.4) is 0 Å². The van der Waals surface area contributed by atoms with Crippen LogP contribution in [-0.2, 0) is 14.3 Å². The topological polar surface area (TPSA) is 85.2 Å². The summed E-state index contributed by atoms with van der Waals surface area (Å²) in [6.07, 6.45) is 6.54. The predicted molar refractivity (Wildman–Crippen MR) is 145 cm³/mol. The Hall–Kier alpha value is -3.35. The molecule has 1 saturated heterocycles. The molecule has 0 aromatic heterocycles. The van der Waals surface area contributed by atoms with Gasteiger partial charge in [0, 0.05) is 23.1 Å². The van der Waals surface area contributed by atoms with Crippen LogP contribution in [0.2, 0.25) is 0 Å². The largest absolute Gasteiger partial charge is 0.507 e. The second kappa shape index (κ2) is 11.4. The molecular weight excluding hydrogens is 468 g/mol. The molecule has 37 heavy (non-hydrogen) atoms. The first-order chi connectivity index (χ1) is 17.7. The first-order valence-electron chi connectivity index (χ1n) is 12.8. The molecule has 1 aliphatic carbocycles. The Morgan fingerprint density at radius 1 is 1.16 bits per heavy atom. The number of esters is 1. The van der Waals surface area contributed by atoms with Crippen molar-refractivity contribution in [1.29, 1.82) is 0 Å². The number of hydrogen-bond acceptors (Lipinski definition) is 6. The van der Waals surface area contributed by atoms with Crippen LogP contribution in [0.15, 0.2) is 61.7 Å². The maximum absolute atomic E-state index is 11.9. The molecular formula is C31H36O6. The highest BCUT2D eigenvalue weighted by atomic mass is 16.7. The third kappa shape index (κ3) is 6.14. The summed E-state index contributed by atoms with van der Waals surface area (Å²) in [7, 11) is 0. The fraction of sp³-hybridized carbons (Fsp3) is 0.387. The van der Waals surface area contributed by atoms with Gasteiger partial charge in [-0.1, -0.05) is 44.0 Å². The zero-order chi connectivity index (χ0) is 26.6. The number of phenolic OH excluding ortho intramolecular Hbond substituents is 1. The molecule has 0 radical (unpaired) electrons. The highest BCUT2D eigenvalue weighted by Gasteiger charge is 2.48. The Morgan fingerprint density at radius 3 is 2.54 bits per heavy atom. The zero-order valence-electron chi connectivity index (χ0n) is 21.4. The van der Waals surface area contributed by atoms with Gasteiger partial charge in [-0.25, -0.2) is 4.79 Å². The van der Waals surface area contributed by atoms with Gasteiger partial charge in [-0.05, 0) is 80.3 Å². The molecule has 2 N–H and O–H groups in total. The number of benzene rings is 2. The molecule has 1 saturated carbocycles. The van der Waals surface area contributed by atoms with E-state index in [1.807, 2.05) is 31.2 Å². The van der Waals surface area contributed by atoms with Gasteiger partial charge in [0.05, 0.1) is 12.7 Å². The van der Waals surface area contributed by atoms with Crippen LogP contribution in [0.25, 0.3) is 23.3 Å². The number of carbonyl (C=O) groups is 1. The summed E-state index contributed by atoms with van der Waals surface area (Å²) in [6, 6.07) is 11.0. The number of aliphatic hydroxyl groups is 1. The van der Waals surface area contributed by atoms with Crippen LogP contribution >= 0.6 is 0 Å². The van der Waals surface area contributed by atoms with Crippen molar-refractivity contribution in [3.63, 3.8) is 0 Å². The summed E-state index contributed by atoms with van der Waals surface area (Å²) < 4.78 is 17.7. The van der Waals surface area contributed by atoms with Crippen molar-refractivity contribution >= 4 is 18.1 Å². The lowest BCUT2D eigenvalue weighted by molar-refractivity contribution is -0.154. The van der Waals surface area contributed by atoms with E-state index in [9.17, 15) is 15.0 Å². The van der Waals surface area contributed by atoms with Crippen LogP contribution < -0.4 is 4.74 Å². The van der Waals surface area contributed by atoms with E-state index < -0.39 is 18.0 Å². The van der Waals surface area contributed by atoms with Crippen molar-refractivity contribution in [2.75, 3.05) is 6.61 Å². The number of rotatable bonds is 10. The monoisotopic (exact) mass is 504 g/mol. The molecule has 0 bridgehead atoms. The van der Waals surface area contributed by atoms with E-state index in [1.54, 1.807) is 24.3 Å². The zero-order valence-corrected chi connectivity index (χ0v) is 21.4. The molecule has 6 heteroatoms. The van der Waals surface area contributed by atoms with Crippen LogP contribution in [0.5, 0.6) is 11.5 Å². The molecule has 0 amide bonds. The lowest BCUT2D eigenvalue weighted by atomic mass is 9.73. The van der Waals surface area contributed by atoms with Crippen molar-refractivity contribution in [3.05, 3.63) is 72.8 Å². The van der Waals surface area contributed by atoms with E-state index in [0.717, 1.165) is 29.5 Å². The molecule has 1 aliphatic heterocycles. The van der Waals surface area contributed by atoms with Gasteiger partial charge < -0.3 is 24.4 Å². The number of aliphatic hydroxyl groups excluding tert-OH is 1. The molecule has 6 nitrogen and oxygen atoms in total.